The average molecular weight is 258 g/mol. The Hall–Kier alpha value is -0.220. The van der Waals surface area contributed by atoms with Gasteiger partial charge in [-0.25, -0.2) is 0 Å². The first-order chi connectivity index (χ1) is 8.08. The summed E-state index contributed by atoms with van der Waals surface area (Å²) >= 11 is 1.94. The van der Waals surface area contributed by atoms with Gasteiger partial charge in [0.1, 0.15) is 0 Å². The standard InChI is InChI=1S/C13H26N2OS/c1-10(2)4-5-11(3)15-13(16)8-12-9-17-7-6-14-12/h10-12,14H,4-9H2,1-3H3,(H,15,16). The van der Waals surface area contributed by atoms with Gasteiger partial charge in [0.05, 0.1) is 0 Å². The largest absolute Gasteiger partial charge is 0.354 e. The number of carbonyl (C=O) groups excluding carboxylic acids is 1. The molecule has 4 heteroatoms. The Balaban J connectivity index is 2.14. The molecule has 0 radical (unpaired) electrons. The summed E-state index contributed by atoms with van der Waals surface area (Å²) in [5.41, 5.74) is 0. The maximum absolute atomic E-state index is 11.8. The van der Waals surface area contributed by atoms with E-state index in [9.17, 15) is 4.79 Å². The Morgan fingerprint density at radius 3 is 2.76 bits per heavy atom. The molecule has 1 aliphatic rings. The number of rotatable bonds is 6. The zero-order valence-corrected chi connectivity index (χ0v) is 12.1. The molecule has 0 aromatic heterocycles. The van der Waals surface area contributed by atoms with E-state index in [0.717, 1.165) is 18.7 Å². The van der Waals surface area contributed by atoms with Crippen molar-refractivity contribution in [1.82, 2.24) is 10.6 Å². The quantitative estimate of drug-likeness (QED) is 0.766. The van der Waals surface area contributed by atoms with Crippen molar-refractivity contribution in [2.75, 3.05) is 18.1 Å². The fraction of sp³-hybridized carbons (Fsp3) is 0.923. The van der Waals surface area contributed by atoms with Gasteiger partial charge in [-0.3, -0.25) is 4.79 Å². The van der Waals surface area contributed by atoms with Crippen LogP contribution in [0.5, 0.6) is 0 Å². The summed E-state index contributed by atoms with van der Waals surface area (Å²) in [4.78, 5) is 11.8. The maximum atomic E-state index is 11.8. The van der Waals surface area contributed by atoms with Crippen LogP contribution < -0.4 is 10.6 Å². The first-order valence-electron chi connectivity index (χ1n) is 6.68. The van der Waals surface area contributed by atoms with Gasteiger partial charge in [0, 0.05) is 36.6 Å². The van der Waals surface area contributed by atoms with E-state index in [1.807, 2.05) is 11.8 Å². The highest BCUT2D eigenvalue weighted by molar-refractivity contribution is 7.99. The molecule has 1 fully saturated rings. The molecule has 1 saturated heterocycles. The van der Waals surface area contributed by atoms with E-state index in [-0.39, 0.29) is 5.91 Å². The molecule has 0 aromatic rings. The molecule has 1 rings (SSSR count). The highest BCUT2D eigenvalue weighted by atomic mass is 32.2. The number of amides is 1. The van der Waals surface area contributed by atoms with Gasteiger partial charge >= 0.3 is 0 Å². The van der Waals surface area contributed by atoms with Gasteiger partial charge in [-0.15, -0.1) is 0 Å². The molecule has 0 aromatic carbocycles. The fourth-order valence-electron chi connectivity index (χ4n) is 1.96. The zero-order chi connectivity index (χ0) is 12.7. The van der Waals surface area contributed by atoms with Crippen molar-refractivity contribution >= 4 is 17.7 Å². The van der Waals surface area contributed by atoms with Gasteiger partial charge in [0.2, 0.25) is 5.91 Å². The van der Waals surface area contributed by atoms with Crippen molar-refractivity contribution in [3.05, 3.63) is 0 Å². The number of carbonyl (C=O) groups is 1. The SMILES string of the molecule is CC(C)CCC(C)NC(=O)CC1CSCCN1. The van der Waals surface area contributed by atoms with Gasteiger partial charge in [0.25, 0.3) is 0 Å². The van der Waals surface area contributed by atoms with E-state index in [2.05, 4.69) is 31.4 Å². The van der Waals surface area contributed by atoms with Crippen LogP contribution in [0.1, 0.15) is 40.0 Å². The lowest BCUT2D eigenvalue weighted by molar-refractivity contribution is -0.122. The van der Waals surface area contributed by atoms with Crippen LogP contribution in [0.3, 0.4) is 0 Å². The molecule has 2 N–H and O–H groups in total. The molecule has 0 saturated carbocycles. The molecule has 2 atom stereocenters. The number of nitrogens with one attached hydrogen (secondary N) is 2. The Kier molecular flexibility index (Phi) is 6.97. The van der Waals surface area contributed by atoms with Gasteiger partial charge in [-0.05, 0) is 25.7 Å². The lowest BCUT2D eigenvalue weighted by Gasteiger charge is -2.23. The fourth-order valence-corrected chi connectivity index (χ4v) is 2.91. The van der Waals surface area contributed by atoms with Crippen LogP contribution in [0, 0.1) is 5.92 Å². The first kappa shape index (κ1) is 14.8. The Morgan fingerprint density at radius 2 is 2.18 bits per heavy atom. The van der Waals surface area contributed by atoms with E-state index < -0.39 is 0 Å². The third kappa shape index (κ3) is 6.94. The summed E-state index contributed by atoms with van der Waals surface area (Å²) in [6.45, 7) is 7.57. The maximum Gasteiger partial charge on any atom is 0.221 e. The molecule has 0 bridgehead atoms. The molecule has 3 nitrogen and oxygen atoms in total. The van der Waals surface area contributed by atoms with Crippen LogP contribution in [0.4, 0.5) is 0 Å². The highest BCUT2D eigenvalue weighted by Gasteiger charge is 2.17. The number of hydrogen-bond acceptors (Lipinski definition) is 3. The third-order valence-electron chi connectivity index (χ3n) is 3.01. The second-order valence-corrected chi connectivity index (χ2v) is 6.52. The Bertz CT molecular complexity index is 227. The second kappa shape index (κ2) is 7.98. The molecular formula is C13H26N2OS. The zero-order valence-electron chi connectivity index (χ0n) is 11.3. The van der Waals surface area contributed by atoms with Crippen molar-refractivity contribution in [1.29, 1.82) is 0 Å². The summed E-state index contributed by atoms with van der Waals surface area (Å²) in [5, 5.41) is 6.49. The predicted octanol–water partition coefficient (Wildman–Crippen LogP) is 2.02. The van der Waals surface area contributed by atoms with Crippen molar-refractivity contribution in [2.45, 2.75) is 52.1 Å². The molecule has 1 aliphatic heterocycles. The van der Waals surface area contributed by atoms with Crippen molar-refractivity contribution in [2.24, 2.45) is 5.92 Å². The number of thioether (sulfide) groups is 1. The van der Waals surface area contributed by atoms with E-state index >= 15 is 0 Å². The minimum atomic E-state index is 0.196. The summed E-state index contributed by atoms with van der Waals surface area (Å²) < 4.78 is 0. The highest BCUT2D eigenvalue weighted by Crippen LogP contribution is 2.11. The number of hydrogen-bond donors (Lipinski definition) is 2. The van der Waals surface area contributed by atoms with Gasteiger partial charge in [-0.1, -0.05) is 13.8 Å². The predicted molar refractivity (Wildman–Crippen MR) is 75.4 cm³/mol. The normalized spacial score (nSPS) is 22.5. The minimum Gasteiger partial charge on any atom is -0.354 e. The summed E-state index contributed by atoms with van der Waals surface area (Å²) in [7, 11) is 0. The summed E-state index contributed by atoms with van der Waals surface area (Å²) in [6.07, 6.45) is 2.88. The van der Waals surface area contributed by atoms with Crippen molar-refractivity contribution in [3.8, 4) is 0 Å². The average Bonchev–Trinajstić information content (AvgIpc) is 2.27. The monoisotopic (exact) mass is 258 g/mol. The van der Waals surface area contributed by atoms with Crippen LogP contribution in [0.15, 0.2) is 0 Å². The van der Waals surface area contributed by atoms with Crippen molar-refractivity contribution in [3.63, 3.8) is 0 Å². The van der Waals surface area contributed by atoms with Gasteiger partial charge in [0.15, 0.2) is 0 Å². The molecule has 1 amide bonds. The van der Waals surface area contributed by atoms with E-state index in [4.69, 9.17) is 0 Å². The molecule has 0 spiro atoms. The second-order valence-electron chi connectivity index (χ2n) is 5.37. The Labute approximate surface area is 109 Å². The Morgan fingerprint density at radius 1 is 1.41 bits per heavy atom. The topological polar surface area (TPSA) is 41.1 Å². The lowest BCUT2D eigenvalue weighted by atomic mass is 10.0. The molecule has 17 heavy (non-hydrogen) atoms. The van der Waals surface area contributed by atoms with Crippen molar-refractivity contribution < 1.29 is 4.79 Å². The van der Waals surface area contributed by atoms with E-state index in [0.29, 0.717) is 24.4 Å². The van der Waals surface area contributed by atoms with E-state index in [1.165, 1.54) is 12.2 Å². The van der Waals surface area contributed by atoms with Crippen LogP contribution in [-0.4, -0.2) is 36.0 Å². The third-order valence-corrected chi connectivity index (χ3v) is 4.15. The van der Waals surface area contributed by atoms with Crippen LogP contribution in [-0.2, 0) is 4.79 Å². The molecule has 100 valence electrons. The summed E-state index contributed by atoms with van der Waals surface area (Å²) in [6, 6.07) is 0.673. The van der Waals surface area contributed by atoms with Crippen LogP contribution >= 0.6 is 11.8 Å². The molecule has 1 heterocycles. The van der Waals surface area contributed by atoms with Gasteiger partial charge in [-0.2, -0.15) is 11.8 Å². The molecule has 0 aliphatic carbocycles. The van der Waals surface area contributed by atoms with Crippen LogP contribution in [0.2, 0.25) is 0 Å². The smallest absolute Gasteiger partial charge is 0.221 e. The summed E-state index contributed by atoms with van der Waals surface area (Å²) in [5.74, 6) is 3.14. The van der Waals surface area contributed by atoms with Gasteiger partial charge < -0.3 is 10.6 Å². The van der Waals surface area contributed by atoms with E-state index in [1.54, 1.807) is 0 Å². The first-order valence-corrected chi connectivity index (χ1v) is 7.84. The molecule has 2 unspecified atom stereocenters. The minimum absolute atomic E-state index is 0.196. The lowest BCUT2D eigenvalue weighted by Crippen LogP contribution is -2.43. The molecular weight excluding hydrogens is 232 g/mol. The van der Waals surface area contributed by atoms with Crippen LogP contribution in [0.25, 0.3) is 0 Å².